The molecule has 2 heterocycles. The summed E-state index contributed by atoms with van der Waals surface area (Å²) in [6.07, 6.45) is 4.36. The number of rotatable bonds is 6. The summed E-state index contributed by atoms with van der Waals surface area (Å²) in [7, 11) is 1.85. The van der Waals surface area contributed by atoms with E-state index in [0.29, 0.717) is 11.7 Å². The fraction of sp³-hybridized carbons (Fsp3) is 0.385. The Kier molecular flexibility index (Phi) is 4.79. The Morgan fingerprint density at radius 2 is 2.24 bits per heavy atom. The van der Waals surface area contributed by atoms with Gasteiger partial charge in [-0.25, -0.2) is 0 Å². The molecule has 0 saturated heterocycles. The third kappa shape index (κ3) is 3.94. The first-order valence-electron chi connectivity index (χ1n) is 6.43. The molecular weight excluding hydrogens is 292 g/mol. The summed E-state index contributed by atoms with van der Waals surface area (Å²) in [5.74, 6) is -1.08. The first kappa shape index (κ1) is 15.3. The largest absolute Gasteiger partial charge is 0.481 e. The maximum Gasteiger partial charge on any atom is 0.313 e. The Labute approximate surface area is 125 Å². The van der Waals surface area contributed by atoms with Crippen LogP contribution in [0.3, 0.4) is 0 Å². The SMILES string of the molecule is CCc1nn(C)cc1Cn1ccc(=O)nc1SCC(=O)O. The van der Waals surface area contributed by atoms with Crippen molar-refractivity contribution in [3.8, 4) is 0 Å². The number of hydrogen-bond acceptors (Lipinski definition) is 5. The van der Waals surface area contributed by atoms with Crippen LogP contribution in [0.1, 0.15) is 18.2 Å². The summed E-state index contributed by atoms with van der Waals surface area (Å²) in [5.41, 5.74) is 1.63. The third-order valence-corrected chi connectivity index (χ3v) is 3.82. The number of carboxylic acid groups (broad SMARTS) is 1. The number of aromatic nitrogens is 4. The van der Waals surface area contributed by atoms with Crippen LogP contribution in [0.5, 0.6) is 0 Å². The number of carboxylic acids is 1. The fourth-order valence-corrected chi connectivity index (χ4v) is 2.67. The van der Waals surface area contributed by atoms with Crippen LogP contribution in [0.2, 0.25) is 0 Å². The summed E-state index contributed by atoms with van der Waals surface area (Å²) in [5, 5.41) is 13.5. The zero-order valence-corrected chi connectivity index (χ0v) is 12.6. The Morgan fingerprint density at radius 1 is 1.48 bits per heavy atom. The second-order valence-corrected chi connectivity index (χ2v) is 5.43. The molecule has 7 nitrogen and oxygen atoms in total. The van der Waals surface area contributed by atoms with Gasteiger partial charge in [0.1, 0.15) is 0 Å². The number of aliphatic carboxylic acids is 1. The number of aryl methyl sites for hydroxylation is 2. The van der Waals surface area contributed by atoms with Crippen LogP contribution in [0.15, 0.2) is 28.4 Å². The van der Waals surface area contributed by atoms with Gasteiger partial charge in [0, 0.05) is 31.1 Å². The Bertz CT molecular complexity index is 708. The smallest absolute Gasteiger partial charge is 0.313 e. The van der Waals surface area contributed by atoms with E-state index in [1.165, 1.54) is 6.07 Å². The molecule has 0 saturated carbocycles. The minimum atomic E-state index is -0.944. The molecule has 0 atom stereocenters. The van der Waals surface area contributed by atoms with Crippen LogP contribution in [-0.2, 0) is 24.8 Å². The number of carbonyl (C=O) groups is 1. The van der Waals surface area contributed by atoms with Crippen LogP contribution in [0.25, 0.3) is 0 Å². The molecule has 112 valence electrons. The molecule has 0 bridgehead atoms. The fourth-order valence-electron chi connectivity index (χ4n) is 1.97. The summed E-state index contributed by atoms with van der Waals surface area (Å²) >= 11 is 1.03. The van der Waals surface area contributed by atoms with Crippen molar-refractivity contribution in [2.45, 2.75) is 25.0 Å². The zero-order valence-electron chi connectivity index (χ0n) is 11.8. The topological polar surface area (TPSA) is 90.0 Å². The minimum Gasteiger partial charge on any atom is -0.481 e. The third-order valence-electron chi connectivity index (χ3n) is 2.84. The molecule has 21 heavy (non-hydrogen) atoms. The van der Waals surface area contributed by atoms with Crippen LogP contribution in [-0.4, -0.2) is 36.2 Å². The molecule has 8 heteroatoms. The monoisotopic (exact) mass is 308 g/mol. The van der Waals surface area contributed by atoms with Gasteiger partial charge in [0.05, 0.1) is 18.0 Å². The highest BCUT2D eigenvalue weighted by Crippen LogP contribution is 2.16. The highest BCUT2D eigenvalue weighted by molar-refractivity contribution is 7.99. The maximum atomic E-state index is 11.4. The predicted octanol–water partition coefficient (Wildman–Crippen LogP) is 0.764. The van der Waals surface area contributed by atoms with Crippen molar-refractivity contribution >= 4 is 17.7 Å². The first-order chi connectivity index (χ1) is 9.99. The van der Waals surface area contributed by atoms with E-state index < -0.39 is 5.97 Å². The minimum absolute atomic E-state index is 0.135. The van der Waals surface area contributed by atoms with Crippen LogP contribution in [0, 0.1) is 0 Å². The molecule has 0 aromatic carbocycles. The lowest BCUT2D eigenvalue weighted by atomic mass is 10.2. The molecule has 0 aliphatic heterocycles. The Hall–Kier alpha value is -2.09. The van der Waals surface area contributed by atoms with Gasteiger partial charge >= 0.3 is 5.97 Å². The molecule has 0 radical (unpaired) electrons. The van der Waals surface area contributed by atoms with Gasteiger partial charge in [-0.3, -0.25) is 14.3 Å². The Morgan fingerprint density at radius 3 is 2.90 bits per heavy atom. The van der Waals surface area contributed by atoms with Crippen molar-refractivity contribution in [1.29, 1.82) is 0 Å². The van der Waals surface area contributed by atoms with Crippen LogP contribution >= 0.6 is 11.8 Å². The van der Waals surface area contributed by atoms with E-state index in [1.54, 1.807) is 15.4 Å². The second-order valence-electron chi connectivity index (χ2n) is 4.49. The molecule has 2 aromatic rings. The average molecular weight is 308 g/mol. The molecule has 0 unspecified atom stereocenters. The van der Waals surface area contributed by atoms with Gasteiger partial charge in [-0.15, -0.1) is 0 Å². The summed E-state index contributed by atoms with van der Waals surface area (Å²) in [6.45, 7) is 2.53. The van der Waals surface area contributed by atoms with E-state index in [-0.39, 0.29) is 11.3 Å². The lowest BCUT2D eigenvalue weighted by molar-refractivity contribution is -0.133. The molecule has 0 fully saturated rings. The predicted molar refractivity (Wildman–Crippen MR) is 78.5 cm³/mol. The van der Waals surface area contributed by atoms with E-state index in [2.05, 4.69) is 10.1 Å². The zero-order chi connectivity index (χ0) is 15.4. The molecule has 1 N–H and O–H groups in total. The van der Waals surface area contributed by atoms with Crippen LogP contribution < -0.4 is 5.56 Å². The first-order valence-corrected chi connectivity index (χ1v) is 7.41. The van der Waals surface area contributed by atoms with Gasteiger partial charge in [-0.05, 0) is 6.42 Å². The van der Waals surface area contributed by atoms with Gasteiger partial charge in [0.2, 0.25) is 0 Å². The molecule has 0 spiro atoms. The number of thioether (sulfide) groups is 1. The summed E-state index contributed by atoms with van der Waals surface area (Å²) in [4.78, 5) is 25.9. The van der Waals surface area contributed by atoms with Gasteiger partial charge < -0.3 is 9.67 Å². The molecule has 0 aliphatic rings. The molecule has 0 amide bonds. The van der Waals surface area contributed by atoms with Crippen molar-refractivity contribution in [1.82, 2.24) is 19.3 Å². The number of nitrogens with zero attached hydrogens (tertiary/aromatic N) is 4. The highest BCUT2D eigenvalue weighted by Gasteiger charge is 2.11. The normalized spacial score (nSPS) is 10.8. The molecule has 2 aromatic heterocycles. The van der Waals surface area contributed by atoms with Crippen LogP contribution in [0.4, 0.5) is 0 Å². The quantitative estimate of drug-likeness (QED) is 0.626. The highest BCUT2D eigenvalue weighted by atomic mass is 32.2. The Balaban J connectivity index is 2.30. The van der Waals surface area contributed by atoms with Gasteiger partial charge in [-0.1, -0.05) is 18.7 Å². The van der Waals surface area contributed by atoms with Crippen molar-refractivity contribution in [2.75, 3.05) is 5.75 Å². The lowest BCUT2D eigenvalue weighted by Gasteiger charge is -2.10. The van der Waals surface area contributed by atoms with Gasteiger partial charge in [0.15, 0.2) is 5.16 Å². The maximum absolute atomic E-state index is 11.4. The van der Waals surface area contributed by atoms with Crippen molar-refractivity contribution < 1.29 is 9.90 Å². The molecule has 2 rings (SSSR count). The van der Waals surface area contributed by atoms with Crippen molar-refractivity contribution in [3.05, 3.63) is 40.1 Å². The standard InChI is InChI=1S/C13H16N4O3S/c1-3-10-9(6-16(2)15-10)7-17-5-4-11(18)14-13(17)21-8-12(19)20/h4-6H,3,7-8H2,1-2H3,(H,19,20). The van der Waals surface area contributed by atoms with Crippen molar-refractivity contribution in [2.24, 2.45) is 7.05 Å². The summed E-state index contributed by atoms with van der Waals surface area (Å²) in [6, 6.07) is 1.37. The lowest BCUT2D eigenvalue weighted by Crippen LogP contribution is -2.15. The second kappa shape index (κ2) is 6.57. The molecular formula is C13H16N4O3S. The summed E-state index contributed by atoms with van der Waals surface area (Å²) < 4.78 is 3.51. The molecule has 0 aliphatic carbocycles. The van der Waals surface area contributed by atoms with E-state index in [4.69, 9.17) is 5.11 Å². The van der Waals surface area contributed by atoms with E-state index in [9.17, 15) is 9.59 Å². The average Bonchev–Trinajstić information content (AvgIpc) is 2.79. The van der Waals surface area contributed by atoms with E-state index >= 15 is 0 Å². The van der Waals surface area contributed by atoms with E-state index in [1.807, 2.05) is 20.2 Å². The van der Waals surface area contributed by atoms with Gasteiger partial charge in [0.25, 0.3) is 5.56 Å². The van der Waals surface area contributed by atoms with E-state index in [0.717, 1.165) is 29.4 Å². The van der Waals surface area contributed by atoms with Crippen molar-refractivity contribution in [3.63, 3.8) is 0 Å². The number of hydrogen-bond donors (Lipinski definition) is 1. The van der Waals surface area contributed by atoms with Gasteiger partial charge in [-0.2, -0.15) is 10.1 Å².